The Morgan fingerprint density at radius 2 is 1.74 bits per heavy atom. The number of likely N-dealkylation sites (tertiary alicyclic amines) is 1. The summed E-state index contributed by atoms with van der Waals surface area (Å²) in [6.45, 7) is 5.66. The lowest BCUT2D eigenvalue weighted by molar-refractivity contribution is -0.137. The average molecular weight is 505 g/mol. The van der Waals surface area contributed by atoms with Gasteiger partial charge >= 0.3 is 5.97 Å². The molecule has 0 spiro atoms. The molecule has 0 radical (unpaired) electrons. The van der Waals surface area contributed by atoms with Gasteiger partial charge in [0.15, 0.2) is 6.61 Å². The lowest BCUT2D eigenvalue weighted by Gasteiger charge is -2.34. The maximum atomic E-state index is 13.4. The van der Waals surface area contributed by atoms with Gasteiger partial charge in [0.25, 0.3) is 5.91 Å². The molecule has 0 aromatic heterocycles. The van der Waals surface area contributed by atoms with Gasteiger partial charge in [0, 0.05) is 26.2 Å². The van der Waals surface area contributed by atoms with E-state index in [9.17, 15) is 18.0 Å². The van der Waals surface area contributed by atoms with Crippen LogP contribution in [-0.4, -0.2) is 55.7 Å². The molecule has 1 amide bonds. The summed E-state index contributed by atoms with van der Waals surface area (Å²) in [5.41, 5.74) is 2.11. The average Bonchev–Trinajstić information content (AvgIpc) is 2.81. The van der Waals surface area contributed by atoms with Crippen molar-refractivity contribution in [3.8, 4) is 0 Å². The van der Waals surface area contributed by atoms with Crippen molar-refractivity contribution in [3.05, 3.63) is 64.2 Å². The topological polar surface area (TPSA) is 84.0 Å². The SMILES string of the molecule is CC1CC(C)CN(C(=O)COC(=O)c2ccc(Cl)c(S(=O)(=O)N3CCc4ccccc4C3)c2)C1. The predicted octanol–water partition coefficient (Wildman–Crippen LogP) is 3.75. The number of fused-ring (bicyclic) bond motifs is 1. The first kappa shape index (κ1) is 24.7. The number of sulfonamides is 1. The van der Waals surface area contributed by atoms with Gasteiger partial charge in [-0.05, 0) is 54.0 Å². The standard InChI is InChI=1S/C25H29ClN2O5S/c1-17-11-18(2)14-27(13-17)24(29)16-33-25(30)20-7-8-22(26)23(12-20)34(31,32)28-10-9-19-5-3-4-6-21(19)15-28/h3-8,12,17-18H,9-11,13-16H2,1-2H3. The summed E-state index contributed by atoms with van der Waals surface area (Å²) >= 11 is 6.24. The summed E-state index contributed by atoms with van der Waals surface area (Å²) in [6.07, 6.45) is 1.67. The maximum Gasteiger partial charge on any atom is 0.338 e. The van der Waals surface area contributed by atoms with Crippen LogP contribution in [-0.2, 0) is 32.5 Å². The lowest BCUT2D eigenvalue weighted by atomic mass is 9.92. The fraction of sp³-hybridized carbons (Fsp3) is 0.440. The van der Waals surface area contributed by atoms with Crippen molar-refractivity contribution in [3.63, 3.8) is 0 Å². The molecule has 0 saturated carbocycles. The van der Waals surface area contributed by atoms with Gasteiger partial charge in [-0.3, -0.25) is 4.79 Å². The van der Waals surface area contributed by atoms with E-state index in [0.29, 0.717) is 37.9 Å². The molecule has 0 N–H and O–H groups in total. The fourth-order valence-electron chi connectivity index (χ4n) is 4.81. The Morgan fingerprint density at radius 1 is 1.06 bits per heavy atom. The van der Waals surface area contributed by atoms with Crippen molar-refractivity contribution < 1.29 is 22.7 Å². The van der Waals surface area contributed by atoms with Crippen molar-refractivity contribution >= 4 is 33.5 Å². The van der Waals surface area contributed by atoms with Gasteiger partial charge in [0.05, 0.1) is 10.6 Å². The van der Waals surface area contributed by atoms with E-state index in [-0.39, 0.29) is 34.5 Å². The molecule has 1 saturated heterocycles. The molecule has 2 aliphatic heterocycles. The zero-order valence-electron chi connectivity index (χ0n) is 19.4. The summed E-state index contributed by atoms with van der Waals surface area (Å²) in [7, 11) is -3.93. The highest BCUT2D eigenvalue weighted by Crippen LogP contribution is 2.30. The molecule has 7 nitrogen and oxygen atoms in total. The van der Waals surface area contributed by atoms with Gasteiger partial charge in [0.2, 0.25) is 10.0 Å². The molecule has 4 rings (SSSR count). The molecule has 2 atom stereocenters. The first-order valence-electron chi connectivity index (χ1n) is 11.5. The Kier molecular flexibility index (Phi) is 7.31. The van der Waals surface area contributed by atoms with Crippen LogP contribution in [0.25, 0.3) is 0 Å². The van der Waals surface area contributed by atoms with Gasteiger partial charge in [-0.15, -0.1) is 0 Å². The molecular weight excluding hydrogens is 476 g/mol. The highest BCUT2D eigenvalue weighted by Gasteiger charge is 2.31. The number of piperidine rings is 1. The third-order valence-electron chi connectivity index (χ3n) is 6.43. The van der Waals surface area contributed by atoms with Gasteiger partial charge in [-0.2, -0.15) is 4.31 Å². The monoisotopic (exact) mass is 504 g/mol. The van der Waals surface area contributed by atoms with Crippen LogP contribution >= 0.6 is 11.6 Å². The summed E-state index contributed by atoms with van der Waals surface area (Å²) in [5.74, 6) is -0.215. The smallest absolute Gasteiger partial charge is 0.338 e. The second-order valence-electron chi connectivity index (χ2n) is 9.32. The molecule has 2 aromatic rings. The van der Waals surface area contributed by atoms with Gasteiger partial charge in [-0.1, -0.05) is 49.7 Å². The van der Waals surface area contributed by atoms with E-state index in [2.05, 4.69) is 13.8 Å². The number of carbonyl (C=O) groups excluding carboxylic acids is 2. The number of hydrogen-bond acceptors (Lipinski definition) is 5. The third-order valence-corrected chi connectivity index (χ3v) is 8.76. The highest BCUT2D eigenvalue weighted by molar-refractivity contribution is 7.89. The van der Waals surface area contributed by atoms with Crippen LogP contribution in [0.4, 0.5) is 0 Å². The Balaban J connectivity index is 1.46. The maximum absolute atomic E-state index is 13.4. The van der Waals surface area contributed by atoms with Crippen LogP contribution in [0.1, 0.15) is 41.8 Å². The van der Waals surface area contributed by atoms with Crippen LogP contribution in [0, 0.1) is 11.8 Å². The van der Waals surface area contributed by atoms with E-state index in [1.165, 1.54) is 22.5 Å². The van der Waals surface area contributed by atoms with Crippen LogP contribution in [0.3, 0.4) is 0 Å². The van der Waals surface area contributed by atoms with Gasteiger partial charge < -0.3 is 9.64 Å². The molecular formula is C25H29ClN2O5S. The van der Waals surface area contributed by atoms with Crippen LogP contribution < -0.4 is 0 Å². The van der Waals surface area contributed by atoms with E-state index >= 15 is 0 Å². The molecule has 2 aliphatic rings. The first-order chi connectivity index (χ1) is 16.1. The van der Waals surface area contributed by atoms with E-state index < -0.39 is 16.0 Å². The van der Waals surface area contributed by atoms with Crippen molar-refractivity contribution in [1.82, 2.24) is 9.21 Å². The molecule has 2 unspecified atom stereocenters. The number of carbonyl (C=O) groups is 2. The molecule has 2 heterocycles. The quantitative estimate of drug-likeness (QED) is 0.579. The van der Waals surface area contributed by atoms with Crippen molar-refractivity contribution in [2.24, 2.45) is 11.8 Å². The second-order valence-corrected chi connectivity index (χ2v) is 11.6. The Labute approximate surface area is 205 Å². The molecule has 0 aliphatic carbocycles. The summed E-state index contributed by atoms with van der Waals surface area (Å²) < 4.78 is 33.3. The molecule has 1 fully saturated rings. The lowest BCUT2D eigenvalue weighted by Crippen LogP contribution is -2.44. The number of esters is 1. The molecule has 182 valence electrons. The van der Waals surface area contributed by atoms with Crippen LogP contribution in [0.2, 0.25) is 5.02 Å². The van der Waals surface area contributed by atoms with E-state index in [1.807, 2.05) is 24.3 Å². The van der Waals surface area contributed by atoms with Gasteiger partial charge in [-0.25, -0.2) is 13.2 Å². The minimum absolute atomic E-state index is 0.0303. The highest BCUT2D eigenvalue weighted by atomic mass is 35.5. The normalized spacial score (nSPS) is 21.1. The predicted molar refractivity (Wildman–Crippen MR) is 129 cm³/mol. The number of amides is 1. The Hall–Kier alpha value is -2.42. The summed E-state index contributed by atoms with van der Waals surface area (Å²) in [4.78, 5) is 26.8. The summed E-state index contributed by atoms with van der Waals surface area (Å²) in [5, 5.41) is 0.0303. The van der Waals surface area contributed by atoms with E-state index in [0.717, 1.165) is 17.5 Å². The second kappa shape index (κ2) is 10.1. The number of nitrogens with zero attached hydrogens (tertiary/aromatic N) is 2. The number of rotatable bonds is 5. The Bertz CT molecular complexity index is 1190. The van der Waals surface area contributed by atoms with E-state index in [4.69, 9.17) is 16.3 Å². The Morgan fingerprint density at radius 3 is 2.44 bits per heavy atom. The molecule has 9 heteroatoms. The minimum atomic E-state index is -3.93. The van der Waals surface area contributed by atoms with Gasteiger partial charge in [0.1, 0.15) is 4.90 Å². The van der Waals surface area contributed by atoms with Crippen LogP contribution in [0.15, 0.2) is 47.4 Å². The third kappa shape index (κ3) is 5.29. The van der Waals surface area contributed by atoms with E-state index in [1.54, 1.807) is 4.90 Å². The number of halogens is 1. The first-order valence-corrected chi connectivity index (χ1v) is 13.3. The summed E-state index contributed by atoms with van der Waals surface area (Å²) in [6, 6.07) is 11.7. The fourth-order valence-corrected chi connectivity index (χ4v) is 6.73. The van der Waals surface area contributed by atoms with Crippen molar-refractivity contribution in [2.75, 3.05) is 26.2 Å². The number of ether oxygens (including phenoxy) is 1. The molecule has 2 aromatic carbocycles. The zero-order valence-corrected chi connectivity index (χ0v) is 20.9. The van der Waals surface area contributed by atoms with Crippen molar-refractivity contribution in [1.29, 1.82) is 0 Å². The number of hydrogen-bond donors (Lipinski definition) is 0. The van der Waals surface area contributed by atoms with Crippen molar-refractivity contribution in [2.45, 2.75) is 38.1 Å². The number of benzene rings is 2. The largest absolute Gasteiger partial charge is 0.452 e. The van der Waals surface area contributed by atoms with Crippen LogP contribution in [0.5, 0.6) is 0 Å². The minimum Gasteiger partial charge on any atom is -0.452 e. The zero-order chi connectivity index (χ0) is 24.5. The molecule has 0 bridgehead atoms. The molecule has 34 heavy (non-hydrogen) atoms.